The molecule has 0 saturated heterocycles. The van der Waals surface area contributed by atoms with Gasteiger partial charge in [-0.1, -0.05) is 12.1 Å². The first kappa shape index (κ1) is 19.3. The van der Waals surface area contributed by atoms with Gasteiger partial charge in [-0.05, 0) is 30.7 Å². The summed E-state index contributed by atoms with van der Waals surface area (Å²) in [7, 11) is 0. The van der Waals surface area contributed by atoms with Gasteiger partial charge in [0.1, 0.15) is 6.07 Å². The molecule has 6 nitrogen and oxygen atoms in total. The molecule has 30 heavy (non-hydrogen) atoms. The Bertz CT molecular complexity index is 1280. The van der Waals surface area contributed by atoms with Gasteiger partial charge in [0.05, 0.1) is 28.0 Å². The van der Waals surface area contributed by atoms with Crippen molar-refractivity contribution in [3.63, 3.8) is 0 Å². The maximum Gasteiger partial charge on any atom is 0.419 e. The molecule has 0 saturated carbocycles. The molecule has 4 aromatic rings. The van der Waals surface area contributed by atoms with Crippen molar-refractivity contribution in [2.75, 3.05) is 5.32 Å². The van der Waals surface area contributed by atoms with Crippen LogP contribution in [0.4, 0.5) is 24.8 Å². The van der Waals surface area contributed by atoms with Gasteiger partial charge in [0.25, 0.3) is 0 Å². The molecular weight excluding hydrogens is 393 g/mol. The number of anilines is 2. The van der Waals surface area contributed by atoms with Crippen LogP contribution in [-0.4, -0.2) is 19.9 Å². The van der Waals surface area contributed by atoms with Gasteiger partial charge in [-0.3, -0.25) is 9.97 Å². The molecule has 0 aliphatic rings. The van der Waals surface area contributed by atoms with Crippen molar-refractivity contribution in [1.82, 2.24) is 19.9 Å². The lowest BCUT2D eigenvalue weighted by Crippen LogP contribution is -2.07. The van der Waals surface area contributed by atoms with Crippen molar-refractivity contribution < 1.29 is 13.2 Å². The highest BCUT2D eigenvalue weighted by Crippen LogP contribution is 2.31. The lowest BCUT2D eigenvalue weighted by Gasteiger charge is -2.11. The first-order valence-corrected chi connectivity index (χ1v) is 8.77. The third kappa shape index (κ3) is 3.75. The molecule has 4 rings (SSSR count). The first-order chi connectivity index (χ1) is 14.3. The molecule has 0 radical (unpaired) electrons. The number of hydrogen-bond acceptors (Lipinski definition) is 6. The second kappa shape index (κ2) is 7.40. The quantitative estimate of drug-likeness (QED) is 0.514. The van der Waals surface area contributed by atoms with E-state index in [1.165, 1.54) is 6.20 Å². The van der Waals surface area contributed by atoms with Crippen molar-refractivity contribution in [2.24, 2.45) is 0 Å². The molecule has 0 unspecified atom stereocenters. The Morgan fingerprint density at radius 2 is 1.73 bits per heavy atom. The fourth-order valence-corrected chi connectivity index (χ4v) is 3.00. The molecular formula is C21H13F3N6. The number of fused-ring (bicyclic) bond motifs is 1. The highest BCUT2D eigenvalue weighted by atomic mass is 19.4. The summed E-state index contributed by atoms with van der Waals surface area (Å²) < 4.78 is 38.0. The smallest absolute Gasteiger partial charge is 0.323 e. The van der Waals surface area contributed by atoms with Crippen LogP contribution < -0.4 is 5.32 Å². The second-order valence-electron chi connectivity index (χ2n) is 6.51. The van der Waals surface area contributed by atoms with Crippen molar-refractivity contribution in [2.45, 2.75) is 13.1 Å². The van der Waals surface area contributed by atoms with E-state index in [9.17, 15) is 13.2 Å². The van der Waals surface area contributed by atoms with E-state index in [1.807, 2.05) is 25.1 Å². The average Bonchev–Trinajstić information content (AvgIpc) is 2.73. The van der Waals surface area contributed by atoms with Crippen LogP contribution in [0.25, 0.3) is 22.2 Å². The van der Waals surface area contributed by atoms with Crippen LogP contribution in [0, 0.1) is 18.3 Å². The van der Waals surface area contributed by atoms with Crippen LogP contribution in [0.5, 0.6) is 0 Å². The maximum absolute atomic E-state index is 12.7. The highest BCUT2D eigenvalue weighted by Gasteiger charge is 2.31. The minimum Gasteiger partial charge on any atom is -0.323 e. The SMILES string of the molecule is Cc1cc(C#N)cnc1-c1ccc2c(Nc3ncc(C(F)(F)F)cn3)ccnc2c1. The molecule has 9 heteroatoms. The molecule has 0 fully saturated rings. The lowest BCUT2D eigenvalue weighted by atomic mass is 10.0. The molecule has 0 aliphatic heterocycles. The Labute approximate surface area is 169 Å². The number of aryl methyl sites for hydroxylation is 1. The molecule has 0 spiro atoms. The van der Waals surface area contributed by atoms with Crippen LogP contribution in [0.3, 0.4) is 0 Å². The molecule has 0 amide bonds. The minimum absolute atomic E-state index is 0.0455. The number of rotatable bonds is 3. The van der Waals surface area contributed by atoms with Crippen molar-refractivity contribution in [3.05, 3.63) is 71.8 Å². The summed E-state index contributed by atoms with van der Waals surface area (Å²) in [6.45, 7) is 1.88. The van der Waals surface area contributed by atoms with Gasteiger partial charge >= 0.3 is 6.18 Å². The Morgan fingerprint density at radius 3 is 2.40 bits per heavy atom. The van der Waals surface area contributed by atoms with Gasteiger partial charge in [0.2, 0.25) is 5.95 Å². The number of alkyl halides is 3. The fraction of sp³-hybridized carbons (Fsp3) is 0.0952. The molecule has 0 bridgehead atoms. The summed E-state index contributed by atoms with van der Waals surface area (Å²) in [4.78, 5) is 16.2. The van der Waals surface area contributed by atoms with Crippen LogP contribution in [0.1, 0.15) is 16.7 Å². The Hall–Kier alpha value is -4.06. The van der Waals surface area contributed by atoms with E-state index >= 15 is 0 Å². The fourth-order valence-electron chi connectivity index (χ4n) is 3.00. The van der Waals surface area contributed by atoms with E-state index in [4.69, 9.17) is 5.26 Å². The van der Waals surface area contributed by atoms with Crippen LogP contribution in [-0.2, 0) is 6.18 Å². The van der Waals surface area contributed by atoms with Crippen molar-refractivity contribution in [1.29, 1.82) is 5.26 Å². The van der Waals surface area contributed by atoms with Crippen LogP contribution in [0.15, 0.2) is 55.1 Å². The van der Waals surface area contributed by atoms with E-state index in [2.05, 4.69) is 31.3 Å². The minimum atomic E-state index is -4.49. The van der Waals surface area contributed by atoms with Gasteiger partial charge in [0.15, 0.2) is 0 Å². The largest absolute Gasteiger partial charge is 0.419 e. The summed E-state index contributed by atoms with van der Waals surface area (Å²) in [5.41, 5.74) is 3.27. The van der Waals surface area contributed by atoms with Crippen molar-refractivity contribution >= 4 is 22.5 Å². The van der Waals surface area contributed by atoms with Gasteiger partial charge < -0.3 is 5.32 Å². The molecule has 3 aromatic heterocycles. The zero-order valence-electron chi connectivity index (χ0n) is 15.6. The van der Waals surface area contributed by atoms with E-state index in [-0.39, 0.29) is 5.95 Å². The third-order valence-corrected chi connectivity index (χ3v) is 4.45. The Morgan fingerprint density at radius 1 is 0.967 bits per heavy atom. The van der Waals surface area contributed by atoms with Gasteiger partial charge in [0, 0.05) is 35.7 Å². The van der Waals surface area contributed by atoms with Gasteiger partial charge in [-0.2, -0.15) is 18.4 Å². The average molecular weight is 406 g/mol. The number of nitriles is 1. The number of nitrogens with zero attached hydrogens (tertiary/aromatic N) is 5. The number of nitrogens with one attached hydrogen (secondary N) is 1. The van der Waals surface area contributed by atoms with Gasteiger partial charge in [-0.25, -0.2) is 9.97 Å². The topological polar surface area (TPSA) is 87.4 Å². The second-order valence-corrected chi connectivity index (χ2v) is 6.51. The normalized spacial score (nSPS) is 11.3. The predicted octanol–water partition coefficient (Wildman–Crippen LogP) is 5.03. The molecule has 3 heterocycles. The molecule has 0 atom stereocenters. The molecule has 1 aromatic carbocycles. The summed E-state index contributed by atoms with van der Waals surface area (Å²) in [5.74, 6) is 0.0455. The van der Waals surface area contributed by atoms with Crippen LogP contribution in [0.2, 0.25) is 0 Å². The van der Waals surface area contributed by atoms with Gasteiger partial charge in [-0.15, -0.1) is 0 Å². The first-order valence-electron chi connectivity index (χ1n) is 8.77. The summed E-state index contributed by atoms with van der Waals surface area (Å²) in [6.07, 6.45) is 0.0692. The van der Waals surface area contributed by atoms with Crippen molar-refractivity contribution in [3.8, 4) is 17.3 Å². The number of aromatic nitrogens is 4. The Balaban J connectivity index is 1.67. The number of halogens is 3. The standard InChI is InChI=1S/C21H13F3N6/c1-12-6-13(8-25)9-27-19(12)14-2-3-16-17(4-5-26-18(16)7-14)30-20-28-10-15(11-29-20)21(22,23)24/h2-7,9-11H,1H3,(H,26,28,29,30). The zero-order chi connectivity index (χ0) is 21.3. The molecule has 0 aliphatic carbocycles. The summed E-state index contributed by atoms with van der Waals surface area (Å²) in [6, 6.07) is 11.1. The Kier molecular flexibility index (Phi) is 4.75. The highest BCUT2D eigenvalue weighted by molar-refractivity contribution is 5.94. The number of pyridine rings is 2. The lowest BCUT2D eigenvalue weighted by molar-refractivity contribution is -0.138. The molecule has 1 N–H and O–H groups in total. The summed E-state index contributed by atoms with van der Waals surface area (Å²) >= 11 is 0. The van der Waals surface area contributed by atoms with E-state index in [0.717, 1.165) is 34.6 Å². The predicted molar refractivity (Wildman–Crippen MR) is 105 cm³/mol. The molecule has 148 valence electrons. The summed E-state index contributed by atoms with van der Waals surface area (Å²) in [5, 5.41) is 12.7. The zero-order valence-corrected chi connectivity index (χ0v) is 15.6. The number of benzene rings is 1. The third-order valence-electron chi connectivity index (χ3n) is 4.45. The number of hydrogen-bond donors (Lipinski definition) is 1. The van der Waals surface area contributed by atoms with E-state index in [1.54, 1.807) is 18.3 Å². The van der Waals surface area contributed by atoms with Crippen LogP contribution >= 0.6 is 0 Å². The monoisotopic (exact) mass is 406 g/mol. The van der Waals surface area contributed by atoms with E-state index in [0.29, 0.717) is 16.8 Å². The van der Waals surface area contributed by atoms with E-state index < -0.39 is 11.7 Å². The maximum atomic E-state index is 12.7.